The number of hydrogen-bond donors (Lipinski definition) is 3. The summed E-state index contributed by atoms with van der Waals surface area (Å²) in [6.45, 7) is 0. The lowest BCUT2D eigenvalue weighted by molar-refractivity contribution is 0.269. The van der Waals surface area contributed by atoms with Gasteiger partial charge in [0, 0.05) is 5.56 Å². The SMILES string of the molecule is C[SH](C)C(=O)Nc1cccc(-c2ccc3[nH]cnc3c2)n1. The molecular weight excluding hydrogens is 284 g/mol. The van der Waals surface area contributed by atoms with E-state index in [9.17, 15) is 4.79 Å². The first-order chi connectivity index (χ1) is 10.1. The molecule has 5 nitrogen and oxygen atoms in total. The standard InChI is InChI=1S/C15H16N4OS/c1-21(2)15(20)19-14-5-3-4-11(18-14)10-6-7-12-13(8-10)17-9-16-12/h3-9,21H,1-2H3,(H,16,17)(H,18,19,20). The van der Waals surface area contributed by atoms with Crippen LogP contribution in [0, 0.1) is 0 Å². The summed E-state index contributed by atoms with van der Waals surface area (Å²) >= 11 is 0. The van der Waals surface area contributed by atoms with Gasteiger partial charge in [-0.3, -0.25) is 4.79 Å². The van der Waals surface area contributed by atoms with Gasteiger partial charge in [-0.1, -0.05) is 12.1 Å². The predicted octanol–water partition coefficient (Wildman–Crippen LogP) is 3.42. The molecule has 108 valence electrons. The van der Waals surface area contributed by atoms with Crippen LogP contribution in [0.15, 0.2) is 42.7 Å². The Morgan fingerprint density at radius 1 is 1.24 bits per heavy atom. The highest BCUT2D eigenvalue weighted by Crippen LogP contribution is 2.23. The number of fused-ring (bicyclic) bond motifs is 1. The fraction of sp³-hybridized carbons (Fsp3) is 0.133. The summed E-state index contributed by atoms with van der Waals surface area (Å²) in [6.07, 6.45) is 5.50. The Labute approximate surface area is 125 Å². The van der Waals surface area contributed by atoms with Gasteiger partial charge in [-0.25, -0.2) is 9.97 Å². The first-order valence-electron chi connectivity index (χ1n) is 6.52. The molecule has 0 aliphatic heterocycles. The molecule has 21 heavy (non-hydrogen) atoms. The van der Waals surface area contributed by atoms with Gasteiger partial charge in [0.1, 0.15) is 5.82 Å². The largest absolute Gasteiger partial charge is 0.345 e. The van der Waals surface area contributed by atoms with E-state index in [4.69, 9.17) is 0 Å². The molecule has 2 heterocycles. The number of imidazole rings is 1. The highest BCUT2D eigenvalue weighted by Gasteiger charge is 2.07. The zero-order valence-electron chi connectivity index (χ0n) is 11.8. The molecular formula is C15H16N4OS. The second kappa shape index (κ2) is 5.57. The topological polar surface area (TPSA) is 70.7 Å². The second-order valence-corrected chi connectivity index (χ2v) is 7.06. The van der Waals surface area contributed by atoms with Gasteiger partial charge in [-0.2, -0.15) is 10.9 Å². The molecule has 0 fully saturated rings. The van der Waals surface area contributed by atoms with Crippen LogP contribution in [0.2, 0.25) is 0 Å². The van der Waals surface area contributed by atoms with Crippen LogP contribution >= 0.6 is 10.9 Å². The summed E-state index contributed by atoms with van der Waals surface area (Å²) in [5.74, 6) is 0.579. The average Bonchev–Trinajstić information content (AvgIpc) is 2.94. The number of benzene rings is 1. The van der Waals surface area contributed by atoms with Crippen LogP contribution in [0.5, 0.6) is 0 Å². The van der Waals surface area contributed by atoms with E-state index in [0.29, 0.717) is 5.82 Å². The third kappa shape index (κ3) is 2.90. The van der Waals surface area contributed by atoms with Crippen LogP contribution in [0.4, 0.5) is 10.6 Å². The van der Waals surface area contributed by atoms with Crippen molar-refractivity contribution >= 4 is 33.0 Å². The van der Waals surface area contributed by atoms with Crippen molar-refractivity contribution < 1.29 is 4.79 Å². The van der Waals surface area contributed by atoms with Crippen LogP contribution in [-0.4, -0.2) is 32.7 Å². The maximum atomic E-state index is 11.8. The fourth-order valence-corrected chi connectivity index (χ4v) is 2.32. The first-order valence-corrected chi connectivity index (χ1v) is 8.76. The van der Waals surface area contributed by atoms with Gasteiger partial charge in [0.15, 0.2) is 0 Å². The fourth-order valence-electron chi connectivity index (χ4n) is 1.98. The Hall–Kier alpha value is -2.34. The monoisotopic (exact) mass is 300 g/mol. The molecule has 2 N–H and O–H groups in total. The number of H-pyrrole nitrogens is 1. The molecule has 0 spiro atoms. The Morgan fingerprint density at radius 2 is 2.10 bits per heavy atom. The number of anilines is 1. The normalized spacial score (nSPS) is 11.4. The zero-order chi connectivity index (χ0) is 14.8. The zero-order valence-corrected chi connectivity index (χ0v) is 12.7. The van der Waals surface area contributed by atoms with Gasteiger partial charge in [0.25, 0.3) is 5.24 Å². The van der Waals surface area contributed by atoms with E-state index in [2.05, 4.69) is 20.3 Å². The van der Waals surface area contributed by atoms with Gasteiger partial charge >= 0.3 is 0 Å². The number of amides is 1. The number of hydrogen-bond acceptors (Lipinski definition) is 3. The van der Waals surface area contributed by atoms with Crippen LogP contribution in [0.25, 0.3) is 22.3 Å². The summed E-state index contributed by atoms with van der Waals surface area (Å²) in [4.78, 5) is 23.6. The van der Waals surface area contributed by atoms with Gasteiger partial charge in [0.05, 0.1) is 23.1 Å². The van der Waals surface area contributed by atoms with E-state index in [1.54, 1.807) is 12.4 Å². The van der Waals surface area contributed by atoms with E-state index in [1.807, 2.05) is 42.8 Å². The summed E-state index contributed by atoms with van der Waals surface area (Å²) in [5.41, 5.74) is 3.68. The van der Waals surface area contributed by atoms with Gasteiger partial charge in [0.2, 0.25) is 0 Å². The highest BCUT2D eigenvalue weighted by molar-refractivity contribution is 8.28. The molecule has 6 heteroatoms. The molecule has 0 aliphatic carbocycles. The Kier molecular flexibility index (Phi) is 3.62. The van der Waals surface area contributed by atoms with E-state index in [1.165, 1.54) is 0 Å². The second-order valence-electron chi connectivity index (χ2n) is 4.87. The Balaban J connectivity index is 1.93. The highest BCUT2D eigenvalue weighted by atomic mass is 32.2. The van der Waals surface area contributed by atoms with Gasteiger partial charge in [-0.15, -0.1) is 0 Å². The number of carbonyl (C=O) groups is 1. The average molecular weight is 300 g/mol. The number of aromatic nitrogens is 3. The Morgan fingerprint density at radius 3 is 2.90 bits per heavy atom. The van der Waals surface area contributed by atoms with Crippen molar-refractivity contribution in [3.05, 3.63) is 42.7 Å². The third-order valence-corrected chi connectivity index (χ3v) is 4.03. The molecule has 0 bridgehead atoms. The van der Waals surface area contributed by atoms with Crippen molar-refractivity contribution in [1.82, 2.24) is 15.0 Å². The molecule has 0 unspecified atom stereocenters. The minimum absolute atomic E-state index is 0.0254. The lowest BCUT2D eigenvalue weighted by atomic mass is 10.1. The van der Waals surface area contributed by atoms with Crippen molar-refractivity contribution in [2.45, 2.75) is 0 Å². The van der Waals surface area contributed by atoms with Crippen molar-refractivity contribution in [2.24, 2.45) is 0 Å². The van der Waals surface area contributed by atoms with Crippen LogP contribution < -0.4 is 5.32 Å². The maximum Gasteiger partial charge on any atom is 0.264 e. The minimum Gasteiger partial charge on any atom is -0.345 e. The van der Waals surface area contributed by atoms with Crippen molar-refractivity contribution in [2.75, 3.05) is 17.8 Å². The number of aromatic amines is 1. The molecule has 3 rings (SSSR count). The number of nitrogens with one attached hydrogen (secondary N) is 2. The first kappa shape index (κ1) is 13.6. The van der Waals surface area contributed by atoms with Gasteiger partial charge in [-0.05, 0) is 36.8 Å². The lowest BCUT2D eigenvalue weighted by Crippen LogP contribution is -2.09. The van der Waals surface area contributed by atoms with E-state index >= 15 is 0 Å². The quantitative estimate of drug-likeness (QED) is 0.635. The molecule has 0 atom stereocenters. The number of thiol groups is 1. The maximum absolute atomic E-state index is 11.8. The number of nitrogens with zero attached hydrogens (tertiary/aromatic N) is 2. The van der Waals surface area contributed by atoms with Crippen molar-refractivity contribution in [3.8, 4) is 11.3 Å². The van der Waals surface area contributed by atoms with Crippen LogP contribution in [0.1, 0.15) is 0 Å². The lowest BCUT2D eigenvalue weighted by Gasteiger charge is -2.10. The minimum atomic E-state index is -0.670. The molecule has 0 radical (unpaired) electrons. The molecule has 0 saturated heterocycles. The molecule has 1 aromatic carbocycles. The molecule has 2 aromatic heterocycles. The summed E-state index contributed by atoms with van der Waals surface area (Å²) in [6, 6.07) is 11.5. The molecule has 3 aromatic rings. The summed E-state index contributed by atoms with van der Waals surface area (Å²) < 4.78 is 0. The summed E-state index contributed by atoms with van der Waals surface area (Å²) in [5, 5.41) is 2.87. The van der Waals surface area contributed by atoms with Crippen LogP contribution in [0.3, 0.4) is 0 Å². The molecule has 0 saturated carbocycles. The predicted molar refractivity (Wildman–Crippen MR) is 89.2 cm³/mol. The Bertz CT molecular complexity index is 797. The van der Waals surface area contributed by atoms with E-state index < -0.39 is 10.9 Å². The van der Waals surface area contributed by atoms with E-state index in [0.717, 1.165) is 22.3 Å². The number of carbonyl (C=O) groups excluding carboxylic acids is 1. The van der Waals surface area contributed by atoms with E-state index in [-0.39, 0.29) is 5.24 Å². The summed E-state index contributed by atoms with van der Waals surface area (Å²) in [7, 11) is -0.670. The van der Waals surface area contributed by atoms with Gasteiger partial charge < -0.3 is 10.3 Å². The number of rotatable bonds is 2. The molecule has 1 amide bonds. The van der Waals surface area contributed by atoms with Crippen molar-refractivity contribution in [1.29, 1.82) is 0 Å². The molecule has 0 aliphatic rings. The van der Waals surface area contributed by atoms with Crippen molar-refractivity contribution in [3.63, 3.8) is 0 Å². The number of pyridine rings is 1. The van der Waals surface area contributed by atoms with Crippen LogP contribution in [-0.2, 0) is 0 Å². The third-order valence-electron chi connectivity index (χ3n) is 3.11. The smallest absolute Gasteiger partial charge is 0.264 e.